The molecule has 0 atom stereocenters. The third-order valence-corrected chi connectivity index (χ3v) is 6.03. The standard InChI is InChI=1S/C26H20BrClN2O5/c1-2-34-22-13-17(19(27)14-23(22)35-15-24(31)32)12-18-25(16-8-4-3-5-9-16)29-30(26(18)33)21-11-7-6-10-20(21)28/h3-14H,2,15H2,1H3,(H,31,32). The van der Waals surface area contributed by atoms with Crippen molar-refractivity contribution in [2.24, 2.45) is 5.10 Å². The minimum atomic E-state index is -1.10. The van der Waals surface area contributed by atoms with Crippen LogP contribution in [0, 0.1) is 0 Å². The van der Waals surface area contributed by atoms with E-state index in [2.05, 4.69) is 21.0 Å². The van der Waals surface area contributed by atoms with Gasteiger partial charge in [0.25, 0.3) is 5.91 Å². The van der Waals surface area contributed by atoms with E-state index in [9.17, 15) is 9.59 Å². The van der Waals surface area contributed by atoms with Gasteiger partial charge < -0.3 is 14.6 Å². The first-order valence-corrected chi connectivity index (χ1v) is 11.8. The van der Waals surface area contributed by atoms with E-state index in [1.165, 1.54) is 5.01 Å². The maximum atomic E-state index is 13.6. The van der Waals surface area contributed by atoms with Gasteiger partial charge in [-0.25, -0.2) is 4.79 Å². The van der Waals surface area contributed by atoms with E-state index in [0.29, 0.717) is 44.4 Å². The fraction of sp³-hybridized carbons (Fsp3) is 0.115. The van der Waals surface area contributed by atoms with E-state index in [0.717, 1.165) is 5.56 Å². The van der Waals surface area contributed by atoms with Crippen molar-refractivity contribution in [3.8, 4) is 11.5 Å². The number of nitrogens with zero attached hydrogens (tertiary/aromatic N) is 2. The van der Waals surface area contributed by atoms with Gasteiger partial charge in [0, 0.05) is 10.0 Å². The monoisotopic (exact) mass is 554 g/mol. The number of amides is 1. The molecule has 3 aromatic carbocycles. The maximum absolute atomic E-state index is 13.6. The molecule has 7 nitrogen and oxygen atoms in total. The molecule has 0 fully saturated rings. The number of carboxylic acids is 1. The number of para-hydroxylation sites is 1. The summed E-state index contributed by atoms with van der Waals surface area (Å²) in [4.78, 5) is 24.5. The van der Waals surface area contributed by atoms with Crippen LogP contribution in [0.4, 0.5) is 5.69 Å². The number of aliphatic carboxylic acids is 1. The summed E-state index contributed by atoms with van der Waals surface area (Å²) in [6.07, 6.45) is 1.71. The highest BCUT2D eigenvalue weighted by atomic mass is 79.9. The molecule has 0 unspecified atom stereocenters. The number of hydrogen-bond donors (Lipinski definition) is 1. The maximum Gasteiger partial charge on any atom is 0.341 e. The first-order chi connectivity index (χ1) is 16.9. The molecule has 1 amide bonds. The Morgan fingerprint density at radius 1 is 1.09 bits per heavy atom. The molecule has 0 aliphatic carbocycles. The molecule has 0 saturated carbocycles. The Labute approximate surface area is 215 Å². The predicted octanol–water partition coefficient (Wildman–Crippen LogP) is 5.80. The summed E-state index contributed by atoms with van der Waals surface area (Å²) in [7, 11) is 0. The molecule has 9 heteroatoms. The van der Waals surface area contributed by atoms with Gasteiger partial charge in [-0.05, 0) is 42.8 Å². The van der Waals surface area contributed by atoms with Crippen molar-refractivity contribution >= 4 is 56.9 Å². The molecule has 0 saturated heterocycles. The largest absolute Gasteiger partial charge is 0.490 e. The Morgan fingerprint density at radius 3 is 2.46 bits per heavy atom. The molecule has 0 aromatic heterocycles. The van der Waals surface area contributed by atoms with Crippen LogP contribution in [0.2, 0.25) is 5.02 Å². The lowest BCUT2D eigenvalue weighted by Crippen LogP contribution is -2.21. The number of rotatable bonds is 8. The molecule has 4 rings (SSSR count). The summed E-state index contributed by atoms with van der Waals surface area (Å²) in [5.41, 5.74) is 2.72. The van der Waals surface area contributed by atoms with Gasteiger partial charge in [0.15, 0.2) is 18.1 Å². The molecular formula is C26H20BrClN2O5. The third-order valence-electron chi connectivity index (χ3n) is 5.02. The van der Waals surface area contributed by atoms with Crippen LogP contribution in [0.15, 0.2) is 81.9 Å². The highest BCUT2D eigenvalue weighted by molar-refractivity contribution is 9.10. The second-order valence-corrected chi connectivity index (χ2v) is 8.64. The summed E-state index contributed by atoms with van der Waals surface area (Å²) in [6.45, 7) is 1.64. The fourth-order valence-electron chi connectivity index (χ4n) is 3.48. The molecule has 1 aliphatic rings. The van der Waals surface area contributed by atoms with Crippen LogP contribution in [0.3, 0.4) is 0 Å². The van der Waals surface area contributed by atoms with Crippen molar-refractivity contribution in [3.05, 3.63) is 92.9 Å². The number of anilines is 1. The first-order valence-electron chi connectivity index (χ1n) is 10.6. The van der Waals surface area contributed by atoms with Crippen LogP contribution < -0.4 is 14.5 Å². The smallest absolute Gasteiger partial charge is 0.341 e. The van der Waals surface area contributed by atoms with E-state index in [1.807, 2.05) is 37.3 Å². The van der Waals surface area contributed by atoms with Crippen LogP contribution in [-0.2, 0) is 9.59 Å². The average Bonchev–Trinajstić information content (AvgIpc) is 3.16. The molecule has 0 spiro atoms. The lowest BCUT2D eigenvalue weighted by atomic mass is 10.00. The van der Waals surface area contributed by atoms with E-state index in [4.69, 9.17) is 26.2 Å². The van der Waals surface area contributed by atoms with Crippen molar-refractivity contribution in [1.29, 1.82) is 0 Å². The molecule has 1 aliphatic heterocycles. The molecule has 0 bridgehead atoms. The molecule has 3 aromatic rings. The second kappa shape index (κ2) is 10.8. The number of benzene rings is 3. The van der Waals surface area contributed by atoms with Crippen molar-refractivity contribution in [1.82, 2.24) is 0 Å². The van der Waals surface area contributed by atoms with Crippen molar-refractivity contribution in [2.75, 3.05) is 18.2 Å². The second-order valence-electron chi connectivity index (χ2n) is 7.38. The van der Waals surface area contributed by atoms with Gasteiger partial charge in [0.05, 0.1) is 22.9 Å². The highest BCUT2D eigenvalue weighted by Gasteiger charge is 2.33. The lowest BCUT2D eigenvalue weighted by Gasteiger charge is -2.14. The van der Waals surface area contributed by atoms with Gasteiger partial charge in [0.1, 0.15) is 5.71 Å². The van der Waals surface area contributed by atoms with Crippen molar-refractivity contribution < 1.29 is 24.2 Å². The summed E-state index contributed by atoms with van der Waals surface area (Å²) in [6, 6.07) is 19.7. The van der Waals surface area contributed by atoms with Gasteiger partial charge in [-0.15, -0.1) is 0 Å². The Hall–Kier alpha value is -3.62. The zero-order valence-electron chi connectivity index (χ0n) is 18.6. The quantitative estimate of drug-likeness (QED) is 0.355. The van der Waals surface area contributed by atoms with Gasteiger partial charge >= 0.3 is 5.97 Å². The minimum absolute atomic E-state index is 0.274. The molecule has 178 valence electrons. The van der Waals surface area contributed by atoms with E-state index in [1.54, 1.807) is 42.5 Å². The van der Waals surface area contributed by atoms with Crippen molar-refractivity contribution in [3.63, 3.8) is 0 Å². The molecule has 35 heavy (non-hydrogen) atoms. The van der Waals surface area contributed by atoms with E-state index >= 15 is 0 Å². The number of halogens is 2. The highest BCUT2D eigenvalue weighted by Crippen LogP contribution is 2.37. The van der Waals surface area contributed by atoms with Gasteiger partial charge in [-0.1, -0.05) is 70.0 Å². The third kappa shape index (κ3) is 5.39. The summed E-state index contributed by atoms with van der Waals surface area (Å²) >= 11 is 9.86. The fourth-order valence-corrected chi connectivity index (χ4v) is 4.13. The Kier molecular flexibility index (Phi) is 7.53. The Morgan fingerprint density at radius 2 is 1.77 bits per heavy atom. The summed E-state index contributed by atoms with van der Waals surface area (Å²) in [5, 5.41) is 15.3. The molecule has 1 N–H and O–H groups in total. The molecule has 1 heterocycles. The summed E-state index contributed by atoms with van der Waals surface area (Å²) in [5.74, 6) is -0.811. The molecule has 0 radical (unpaired) electrons. The first kappa shape index (κ1) is 24.5. The Balaban J connectivity index is 1.81. The Bertz CT molecular complexity index is 1340. The SMILES string of the molecule is CCOc1cc(C=C2C(=O)N(c3ccccc3Cl)N=C2c2ccccc2)c(Br)cc1OCC(=O)O. The summed E-state index contributed by atoms with van der Waals surface area (Å²) < 4.78 is 11.6. The average molecular weight is 556 g/mol. The van der Waals surface area contributed by atoms with Crippen LogP contribution in [0.25, 0.3) is 6.08 Å². The normalized spacial score (nSPS) is 14.3. The predicted molar refractivity (Wildman–Crippen MR) is 138 cm³/mol. The molecular weight excluding hydrogens is 536 g/mol. The number of hydrazone groups is 1. The van der Waals surface area contributed by atoms with Crippen LogP contribution in [0.5, 0.6) is 11.5 Å². The topological polar surface area (TPSA) is 88.4 Å². The zero-order chi connectivity index (χ0) is 24.9. The van der Waals surface area contributed by atoms with E-state index in [-0.39, 0.29) is 11.7 Å². The number of carboxylic acid groups (broad SMARTS) is 1. The number of carbonyl (C=O) groups is 2. The van der Waals surface area contributed by atoms with Gasteiger partial charge in [-0.2, -0.15) is 10.1 Å². The van der Waals surface area contributed by atoms with Crippen LogP contribution in [-0.4, -0.2) is 35.9 Å². The number of ether oxygens (including phenoxy) is 2. The minimum Gasteiger partial charge on any atom is -0.490 e. The van der Waals surface area contributed by atoms with E-state index < -0.39 is 12.6 Å². The van der Waals surface area contributed by atoms with Gasteiger partial charge in [-0.3, -0.25) is 4.79 Å². The zero-order valence-corrected chi connectivity index (χ0v) is 20.9. The van der Waals surface area contributed by atoms with Crippen LogP contribution in [0.1, 0.15) is 18.1 Å². The number of carbonyl (C=O) groups excluding carboxylic acids is 1. The number of hydrogen-bond acceptors (Lipinski definition) is 5. The van der Waals surface area contributed by atoms with Gasteiger partial charge in [0.2, 0.25) is 0 Å². The van der Waals surface area contributed by atoms with Crippen molar-refractivity contribution in [2.45, 2.75) is 6.92 Å². The lowest BCUT2D eigenvalue weighted by molar-refractivity contribution is -0.139. The van der Waals surface area contributed by atoms with Crippen LogP contribution >= 0.6 is 27.5 Å².